The van der Waals surface area contributed by atoms with E-state index in [1.54, 1.807) is 18.2 Å². The topological polar surface area (TPSA) is 51.8 Å². The van der Waals surface area contributed by atoms with Crippen molar-refractivity contribution in [3.8, 4) is 22.5 Å². The minimum Gasteiger partial charge on any atom is 0 e. The van der Waals surface area contributed by atoms with Crippen LogP contribution in [0.3, 0.4) is 0 Å². The van der Waals surface area contributed by atoms with E-state index in [1.807, 2.05) is 57.3 Å². The Labute approximate surface area is 274 Å². The molecule has 0 amide bonds. The molecule has 4 nitrogen and oxygen atoms in total. The SMILES string of the molecule is [2H]C([2H])([2H])c1ccc2c(n1)oc1c(-c3cc(CC(C)(C)C)c(F)cn3)[c-]ccc12.[CH3][Ge]([CH3])([CH3])[c]1ccc(-c2[c-]cccc2)nc1.[Ir]. The second-order valence-electron chi connectivity index (χ2n) is 12.6. The van der Waals surface area contributed by atoms with Crippen molar-refractivity contribution in [2.45, 2.75) is 51.3 Å². The second-order valence-corrected chi connectivity index (χ2v) is 23.3. The zero-order valence-corrected chi connectivity index (χ0v) is 29.7. The van der Waals surface area contributed by atoms with Gasteiger partial charge in [0.05, 0.1) is 11.8 Å². The normalized spacial score (nSPS) is 13.0. The van der Waals surface area contributed by atoms with Gasteiger partial charge in [-0.25, -0.2) is 9.37 Å². The number of hydrogen-bond acceptors (Lipinski definition) is 4. The van der Waals surface area contributed by atoms with Gasteiger partial charge in [0, 0.05) is 35.3 Å². The van der Waals surface area contributed by atoms with Crippen LogP contribution < -0.4 is 4.40 Å². The van der Waals surface area contributed by atoms with Gasteiger partial charge in [0.2, 0.25) is 5.71 Å². The fraction of sp³-hybridized carbons (Fsp3) is 0.250. The smallest absolute Gasteiger partial charge is 0 e. The second kappa shape index (κ2) is 13.2. The van der Waals surface area contributed by atoms with Gasteiger partial charge in [-0.2, -0.15) is 0 Å². The first-order valence-electron chi connectivity index (χ1n) is 15.4. The molecule has 0 saturated heterocycles. The average molecular weight is 814 g/mol. The fourth-order valence-corrected chi connectivity index (χ4v) is 6.86. The summed E-state index contributed by atoms with van der Waals surface area (Å²) >= 11 is -1.72. The van der Waals surface area contributed by atoms with Gasteiger partial charge in [-0.3, -0.25) is 0 Å². The van der Waals surface area contributed by atoms with Crippen LogP contribution in [-0.4, -0.2) is 28.2 Å². The van der Waals surface area contributed by atoms with Crippen molar-refractivity contribution in [1.29, 1.82) is 0 Å². The van der Waals surface area contributed by atoms with E-state index in [1.165, 1.54) is 16.7 Å². The number of furan rings is 1. The number of fused-ring (bicyclic) bond motifs is 3. The monoisotopic (exact) mass is 815 g/mol. The van der Waals surface area contributed by atoms with Crippen molar-refractivity contribution >= 4 is 39.7 Å². The van der Waals surface area contributed by atoms with Crippen LogP contribution in [0.15, 0.2) is 83.5 Å². The van der Waals surface area contributed by atoms with Gasteiger partial charge in [0.1, 0.15) is 5.82 Å². The third kappa shape index (κ3) is 7.86. The molecule has 6 aromatic rings. The largest absolute Gasteiger partial charge is 0 e. The Morgan fingerprint density at radius 1 is 0.907 bits per heavy atom. The van der Waals surface area contributed by atoms with Crippen LogP contribution in [0.4, 0.5) is 4.39 Å². The van der Waals surface area contributed by atoms with Crippen LogP contribution in [0.1, 0.15) is 36.1 Å². The molecule has 0 unspecified atom stereocenters. The van der Waals surface area contributed by atoms with Crippen LogP contribution in [0.25, 0.3) is 44.6 Å². The molecule has 6 rings (SSSR count). The molecular weight excluding hydrogens is 774 g/mol. The molecule has 0 saturated carbocycles. The summed E-state index contributed by atoms with van der Waals surface area (Å²) < 4.78 is 44.3. The number of aromatic nitrogens is 3. The first-order valence-corrected chi connectivity index (χ1v) is 21.3. The maximum atomic E-state index is 14.3. The Bertz CT molecular complexity index is 1950. The maximum absolute atomic E-state index is 14.3. The van der Waals surface area contributed by atoms with Gasteiger partial charge in [-0.15, -0.1) is 18.2 Å². The van der Waals surface area contributed by atoms with Crippen LogP contribution in [0, 0.1) is 30.2 Å². The van der Waals surface area contributed by atoms with Crippen molar-refractivity contribution < 1.29 is 33.0 Å². The number of aryl methyl sites for hydroxylation is 1. The number of hydrogen-bond donors (Lipinski definition) is 0. The van der Waals surface area contributed by atoms with Gasteiger partial charge in [-0.05, 0) is 42.1 Å². The van der Waals surface area contributed by atoms with Gasteiger partial charge in [0.25, 0.3) is 0 Å². The standard InChI is InChI=1S/C22H20FN2O.C14H16GeN.Ir/c1-13-8-9-16-15-6-5-7-17(20(15)26-21(16)25-13)19-10-14(11-22(2,3)4)18(23)12-24-19;1-15(2,3)13-9-10-14(16-11-13)12-7-5-4-6-8-12;/h5-6,8-10,12H,11H2,1-4H3;4-7,9-11H,1-3H3;/q2*-1;/i1D3;;. The first-order chi connectivity index (χ1) is 21.1. The summed E-state index contributed by atoms with van der Waals surface area (Å²) in [6, 6.07) is 27.1. The molecule has 0 N–H and O–H groups in total. The zero-order chi connectivity index (χ0) is 32.6. The molecule has 4 heterocycles. The summed E-state index contributed by atoms with van der Waals surface area (Å²) in [4.78, 5) is 12.9. The molecule has 7 heteroatoms. The van der Waals surface area contributed by atoms with Gasteiger partial charge in [-0.1, -0.05) is 37.8 Å². The molecule has 2 aromatic carbocycles. The summed E-state index contributed by atoms with van der Waals surface area (Å²) in [6.07, 6.45) is 3.82. The summed E-state index contributed by atoms with van der Waals surface area (Å²) in [5.41, 5.74) is 4.42. The zero-order valence-electron chi connectivity index (χ0n) is 28.2. The van der Waals surface area contributed by atoms with Crippen molar-refractivity contribution in [2.24, 2.45) is 5.41 Å². The van der Waals surface area contributed by atoms with E-state index in [9.17, 15) is 4.39 Å². The van der Waals surface area contributed by atoms with Crippen LogP contribution in [0.2, 0.25) is 17.3 Å². The van der Waals surface area contributed by atoms with E-state index in [-0.39, 0.29) is 42.7 Å². The Hall–Kier alpha value is -3.19. The Kier molecular flexibility index (Phi) is 8.78. The molecule has 4 aromatic heterocycles. The number of pyridine rings is 3. The molecule has 1 radical (unpaired) electrons. The summed E-state index contributed by atoms with van der Waals surface area (Å²) in [5, 5.41) is 1.49. The summed E-state index contributed by atoms with van der Waals surface area (Å²) in [7, 11) is 0. The number of nitrogens with zero attached hydrogens (tertiary/aromatic N) is 3. The van der Waals surface area contributed by atoms with Crippen molar-refractivity contribution in [1.82, 2.24) is 15.0 Å². The van der Waals surface area contributed by atoms with E-state index in [0.29, 0.717) is 34.2 Å². The molecular formula is C36H36FGeIrN3O-2. The predicted molar refractivity (Wildman–Crippen MR) is 173 cm³/mol. The molecule has 0 spiro atoms. The molecule has 0 aliphatic rings. The third-order valence-electron chi connectivity index (χ3n) is 6.82. The number of halogens is 1. The van der Waals surface area contributed by atoms with Gasteiger partial charge in [0.15, 0.2) is 0 Å². The number of rotatable bonds is 4. The van der Waals surface area contributed by atoms with Crippen LogP contribution in [0.5, 0.6) is 0 Å². The van der Waals surface area contributed by atoms with Gasteiger partial charge < -0.3 is 9.40 Å². The first kappa shape index (κ1) is 28.6. The minimum absolute atomic E-state index is 0. The number of benzene rings is 2. The predicted octanol–water partition coefficient (Wildman–Crippen LogP) is 8.97. The van der Waals surface area contributed by atoms with Crippen molar-refractivity contribution in [3.63, 3.8) is 0 Å². The third-order valence-corrected chi connectivity index (χ3v) is 11.1. The molecule has 0 bridgehead atoms. The molecule has 223 valence electrons. The van der Waals surface area contributed by atoms with Crippen molar-refractivity contribution in [2.75, 3.05) is 0 Å². The molecule has 0 aliphatic carbocycles. The summed E-state index contributed by atoms with van der Waals surface area (Å²) in [6.45, 7) is 3.83. The van der Waals surface area contributed by atoms with Crippen molar-refractivity contribution in [3.05, 3.63) is 108 Å². The van der Waals surface area contributed by atoms with Crippen LogP contribution >= 0.6 is 0 Å². The van der Waals surface area contributed by atoms with Crippen LogP contribution in [-0.2, 0) is 26.5 Å². The fourth-order valence-electron chi connectivity index (χ4n) is 4.69. The minimum atomic E-state index is -2.32. The van der Waals surface area contributed by atoms with E-state index in [2.05, 4.69) is 56.5 Å². The van der Waals surface area contributed by atoms with Gasteiger partial charge >= 0.3 is 99.8 Å². The van der Waals surface area contributed by atoms with E-state index < -0.39 is 20.1 Å². The average Bonchev–Trinajstić information content (AvgIpc) is 3.36. The molecule has 0 atom stereocenters. The van der Waals surface area contributed by atoms with E-state index in [0.717, 1.165) is 16.6 Å². The molecule has 43 heavy (non-hydrogen) atoms. The Morgan fingerprint density at radius 3 is 2.35 bits per heavy atom. The quantitative estimate of drug-likeness (QED) is 0.132. The molecule has 0 fully saturated rings. The summed E-state index contributed by atoms with van der Waals surface area (Å²) in [5.74, 6) is 6.80. The Balaban J connectivity index is 0.000000240. The Morgan fingerprint density at radius 2 is 1.70 bits per heavy atom. The van der Waals surface area contributed by atoms with E-state index in [4.69, 9.17) is 8.53 Å². The van der Waals surface area contributed by atoms with E-state index >= 15 is 0 Å². The maximum Gasteiger partial charge on any atom is 0 e. The molecule has 0 aliphatic heterocycles.